The monoisotopic (exact) mass is 457 g/mol. The third kappa shape index (κ3) is 5.19. The molecule has 0 aromatic heterocycles. The van der Waals surface area contributed by atoms with Gasteiger partial charge in [-0.15, -0.1) is 0 Å². The van der Waals surface area contributed by atoms with Crippen molar-refractivity contribution in [3.8, 4) is 0 Å². The number of carbonyl (C=O) groups is 4. The van der Waals surface area contributed by atoms with Crippen molar-refractivity contribution in [1.82, 2.24) is 15.5 Å². The summed E-state index contributed by atoms with van der Waals surface area (Å²) in [6, 6.07) is 6.86. The summed E-state index contributed by atoms with van der Waals surface area (Å²) in [5.41, 5.74) is 0.493. The van der Waals surface area contributed by atoms with Gasteiger partial charge in [-0.1, -0.05) is 31.0 Å². The highest BCUT2D eigenvalue weighted by Gasteiger charge is 2.45. The average Bonchev–Trinajstić information content (AvgIpc) is 3.37. The second-order valence-corrected chi connectivity index (χ2v) is 8.80. The summed E-state index contributed by atoms with van der Waals surface area (Å²) >= 11 is 0. The van der Waals surface area contributed by atoms with Crippen LogP contribution in [-0.4, -0.2) is 65.7 Å². The number of rotatable bonds is 6. The highest BCUT2D eigenvalue weighted by Crippen LogP contribution is 2.32. The van der Waals surface area contributed by atoms with Gasteiger partial charge in [-0.25, -0.2) is 0 Å². The van der Waals surface area contributed by atoms with Crippen LogP contribution in [0.5, 0.6) is 0 Å². The van der Waals surface area contributed by atoms with Crippen LogP contribution in [0.4, 0.5) is 0 Å². The standard InChI is InChI=1S/C24H31N3O6/c1-2-32-24-18(14-20(28)33-24)26-22(30)19-13-12-16-10-6-7-11-17(23(31)27(16)19)25-21(29)15-8-4-3-5-9-15/h3-5,8-9,16-19,24H,2,6-7,10-14H2,1H3,(H,25,29)(H,26,30)/t16-,17-,18?,19-,24?/m0/s1. The molecule has 5 atom stereocenters. The molecular formula is C24H31N3O6. The fourth-order valence-corrected chi connectivity index (χ4v) is 5.00. The SMILES string of the molecule is CCOC1OC(=O)CC1NC(=O)[C@@H]1CC[C@@H]2CCCC[C@H](NC(=O)c3ccccc3)C(=O)N21. The number of fused-ring (bicyclic) bond motifs is 1. The summed E-state index contributed by atoms with van der Waals surface area (Å²) in [5, 5.41) is 5.75. The number of benzene rings is 1. The van der Waals surface area contributed by atoms with Gasteiger partial charge in [0.1, 0.15) is 18.1 Å². The van der Waals surface area contributed by atoms with E-state index in [0.29, 0.717) is 25.0 Å². The van der Waals surface area contributed by atoms with E-state index < -0.39 is 30.4 Å². The van der Waals surface area contributed by atoms with Gasteiger partial charge in [-0.3, -0.25) is 19.2 Å². The molecule has 0 aliphatic carbocycles. The first-order valence-electron chi connectivity index (χ1n) is 11.8. The number of hydrogen-bond acceptors (Lipinski definition) is 6. The molecule has 3 fully saturated rings. The Kier molecular flexibility index (Phi) is 7.27. The van der Waals surface area contributed by atoms with E-state index in [1.54, 1.807) is 36.1 Å². The molecule has 2 unspecified atom stereocenters. The molecular weight excluding hydrogens is 426 g/mol. The Bertz CT molecular complexity index is 891. The number of carbonyl (C=O) groups excluding carboxylic acids is 4. The second-order valence-electron chi connectivity index (χ2n) is 8.80. The second kappa shape index (κ2) is 10.3. The molecule has 0 spiro atoms. The minimum atomic E-state index is -0.815. The van der Waals surface area contributed by atoms with Crippen molar-refractivity contribution in [2.45, 2.75) is 82.3 Å². The Morgan fingerprint density at radius 2 is 1.82 bits per heavy atom. The molecule has 3 aliphatic rings. The summed E-state index contributed by atoms with van der Waals surface area (Å²) in [6.45, 7) is 2.14. The molecule has 0 saturated carbocycles. The van der Waals surface area contributed by atoms with Crippen molar-refractivity contribution in [2.24, 2.45) is 0 Å². The largest absolute Gasteiger partial charge is 0.433 e. The molecule has 0 bridgehead atoms. The van der Waals surface area contributed by atoms with Crippen LogP contribution in [0.2, 0.25) is 0 Å². The van der Waals surface area contributed by atoms with Gasteiger partial charge in [-0.05, 0) is 44.7 Å². The Morgan fingerprint density at radius 1 is 1.06 bits per heavy atom. The predicted octanol–water partition coefficient (Wildman–Crippen LogP) is 1.51. The predicted molar refractivity (Wildman–Crippen MR) is 118 cm³/mol. The Labute approximate surface area is 193 Å². The van der Waals surface area contributed by atoms with Crippen molar-refractivity contribution in [3.63, 3.8) is 0 Å². The molecule has 0 radical (unpaired) electrons. The van der Waals surface area contributed by atoms with Crippen molar-refractivity contribution in [2.75, 3.05) is 6.61 Å². The van der Waals surface area contributed by atoms with Gasteiger partial charge >= 0.3 is 5.97 Å². The van der Waals surface area contributed by atoms with E-state index in [2.05, 4.69) is 10.6 Å². The number of nitrogens with zero attached hydrogens (tertiary/aromatic N) is 1. The lowest BCUT2D eigenvalue weighted by atomic mass is 9.98. The zero-order valence-electron chi connectivity index (χ0n) is 18.8. The highest BCUT2D eigenvalue weighted by molar-refractivity contribution is 5.98. The maximum Gasteiger partial charge on any atom is 0.310 e. The van der Waals surface area contributed by atoms with Crippen molar-refractivity contribution < 1.29 is 28.7 Å². The Morgan fingerprint density at radius 3 is 2.58 bits per heavy atom. The maximum absolute atomic E-state index is 13.5. The first kappa shape index (κ1) is 23.2. The quantitative estimate of drug-likeness (QED) is 0.626. The number of ether oxygens (including phenoxy) is 2. The van der Waals surface area contributed by atoms with E-state index in [0.717, 1.165) is 25.7 Å². The molecule has 1 aromatic carbocycles. The first-order chi connectivity index (χ1) is 16.0. The summed E-state index contributed by atoms with van der Waals surface area (Å²) in [7, 11) is 0. The fraction of sp³-hybridized carbons (Fsp3) is 0.583. The Balaban J connectivity index is 1.47. The zero-order chi connectivity index (χ0) is 23.4. The van der Waals surface area contributed by atoms with E-state index in [1.165, 1.54) is 0 Å². The molecule has 9 heteroatoms. The van der Waals surface area contributed by atoms with E-state index in [9.17, 15) is 19.2 Å². The number of esters is 1. The normalized spacial score (nSPS) is 29.6. The highest BCUT2D eigenvalue weighted by atomic mass is 16.7. The van der Waals surface area contributed by atoms with Gasteiger partial charge in [0, 0.05) is 18.2 Å². The van der Waals surface area contributed by atoms with Gasteiger partial charge < -0.3 is 25.0 Å². The van der Waals surface area contributed by atoms with Gasteiger partial charge in [0.05, 0.1) is 6.42 Å². The lowest BCUT2D eigenvalue weighted by molar-refractivity contribution is -0.164. The van der Waals surface area contributed by atoms with E-state index >= 15 is 0 Å². The molecule has 3 aliphatic heterocycles. The molecule has 3 amide bonds. The zero-order valence-corrected chi connectivity index (χ0v) is 18.8. The first-order valence-corrected chi connectivity index (χ1v) is 11.8. The molecule has 33 heavy (non-hydrogen) atoms. The number of cyclic esters (lactones) is 1. The van der Waals surface area contributed by atoms with Crippen LogP contribution < -0.4 is 10.6 Å². The molecule has 2 N–H and O–H groups in total. The smallest absolute Gasteiger partial charge is 0.310 e. The van der Waals surface area contributed by atoms with E-state index in [4.69, 9.17) is 9.47 Å². The van der Waals surface area contributed by atoms with Gasteiger partial charge in [0.25, 0.3) is 5.91 Å². The molecule has 9 nitrogen and oxygen atoms in total. The van der Waals surface area contributed by atoms with Gasteiger partial charge in [0.15, 0.2) is 0 Å². The maximum atomic E-state index is 13.5. The van der Waals surface area contributed by atoms with Crippen LogP contribution >= 0.6 is 0 Å². The van der Waals surface area contributed by atoms with E-state index in [1.807, 2.05) is 6.07 Å². The summed E-state index contributed by atoms with van der Waals surface area (Å²) < 4.78 is 10.6. The molecule has 1 aromatic rings. The lowest BCUT2D eigenvalue weighted by Crippen LogP contribution is -2.57. The lowest BCUT2D eigenvalue weighted by Gasteiger charge is -2.35. The molecule has 4 rings (SSSR count). The van der Waals surface area contributed by atoms with E-state index in [-0.39, 0.29) is 30.2 Å². The average molecular weight is 458 g/mol. The van der Waals surface area contributed by atoms with Crippen molar-refractivity contribution in [3.05, 3.63) is 35.9 Å². The fourth-order valence-electron chi connectivity index (χ4n) is 5.00. The van der Waals surface area contributed by atoms with Crippen LogP contribution in [0.15, 0.2) is 30.3 Å². The van der Waals surface area contributed by atoms with Crippen molar-refractivity contribution in [1.29, 1.82) is 0 Å². The third-order valence-electron chi connectivity index (χ3n) is 6.60. The number of amides is 3. The van der Waals surface area contributed by atoms with Gasteiger partial charge in [0.2, 0.25) is 18.1 Å². The van der Waals surface area contributed by atoms with Crippen LogP contribution in [-0.2, 0) is 23.9 Å². The van der Waals surface area contributed by atoms with Crippen LogP contribution in [0.25, 0.3) is 0 Å². The third-order valence-corrected chi connectivity index (χ3v) is 6.60. The number of hydrogen-bond donors (Lipinski definition) is 2. The summed E-state index contributed by atoms with van der Waals surface area (Å²) in [6.07, 6.45) is 3.64. The van der Waals surface area contributed by atoms with Crippen molar-refractivity contribution >= 4 is 23.7 Å². The minimum Gasteiger partial charge on any atom is -0.433 e. The summed E-state index contributed by atoms with van der Waals surface area (Å²) in [4.78, 5) is 52.8. The molecule has 3 heterocycles. The van der Waals surface area contributed by atoms with Crippen LogP contribution in [0.3, 0.4) is 0 Å². The van der Waals surface area contributed by atoms with Gasteiger partial charge in [-0.2, -0.15) is 0 Å². The summed E-state index contributed by atoms with van der Waals surface area (Å²) in [5.74, 6) is -1.25. The van der Waals surface area contributed by atoms with Crippen LogP contribution in [0, 0.1) is 0 Å². The number of nitrogens with one attached hydrogen (secondary N) is 2. The molecule has 3 saturated heterocycles. The molecule has 178 valence electrons. The topological polar surface area (TPSA) is 114 Å². The van der Waals surface area contributed by atoms with Crippen LogP contribution in [0.1, 0.15) is 62.2 Å². The minimum absolute atomic E-state index is 0.0335. The Hall–Kier alpha value is -2.94.